The van der Waals surface area contributed by atoms with Gasteiger partial charge in [0.1, 0.15) is 0 Å². The fourth-order valence-electron chi connectivity index (χ4n) is 2.64. The van der Waals surface area contributed by atoms with Gasteiger partial charge in [0.25, 0.3) is 0 Å². The normalized spacial score (nSPS) is 24.0. The maximum atomic E-state index is 5.41. The minimum Gasteiger partial charge on any atom is -0.381 e. The molecule has 1 fully saturated rings. The van der Waals surface area contributed by atoms with E-state index in [-0.39, 0.29) is 0 Å². The lowest BCUT2D eigenvalue weighted by Gasteiger charge is -2.31. The third-order valence-corrected chi connectivity index (χ3v) is 3.97. The zero-order chi connectivity index (χ0) is 12.0. The van der Waals surface area contributed by atoms with Gasteiger partial charge in [-0.05, 0) is 44.9 Å². The Morgan fingerprint density at radius 3 is 2.38 bits per heavy atom. The highest BCUT2D eigenvalue weighted by Gasteiger charge is 2.21. The second-order valence-electron chi connectivity index (χ2n) is 5.56. The maximum absolute atomic E-state index is 5.41. The van der Waals surface area contributed by atoms with Crippen LogP contribution in [0.25, 0.3) is 0 Å². The number of nitrogens with one attached hydrogen (secondary N) is 1. The van der Waals surface area contributed by atoms with Gasteiger partial charge in [-0.25, -0.2) is 0 Å². The van der Waals surface area contributed by atoms with E-state index in [2.05, 4.69) is 33.0 Å². The van der Waals surface area contributed by atoms with Crippen LogP contribution < -0.4 is 5.32 Å². The summed E-state index contributed by atoms with van der Waals surface area (Å²) in [6.07, 6.45) is 5.04. The van der Waals surface area contributed by atoms with E-state index in [1.807, 2.05) is 0 Å². The van der Waals surface area contributed by atoms with Gasteiger partial charge in [0.15, 0.2) is 0 Å². The summed E-state index contributed by atoms with van der Waals surface area (Å²) in [5, 5.41) is 3.76. The fraction of sp³-hybridized carbons (Fsp3) is 1.00. The van der Waals surface area contributed by atoms with Crippen LogP contribution in [0.5, 0.6) is 0 Å². The monoisotopic (exact) mass is 227 g/mol. The van der Waals surface area contributed by atoms with Crippen molar-refractivity contribution in [2.45, 2.75) is 65.5 Å². The van der Waals surface area contributed by atoms with Gasteiger partial charge in [0.05, 0.1) is 0 Å². The van der Waals surface area contributed by atoms with Crippen LogP contribution in [0.15, 0.2) is 0 Å². The highest BCUT2D eigenvalue weighted by Crippen LogP contribution is 2.19. The second-order valence-corrected chi connectivity index (χ2v) is 5.56. The van der Waals surface area contributed by atoms with Crippen molar-refractivity contribution in [3.05, 3.63) is 0 Å². The molecule has 0 amide bonds. The zero-order valence-electron chi connectivity index (χ0n) is 11.5. The van der Waals surface area contributed by atoms with Gasteiger partial charge in [-0.3, -0.25) is 0 Å². The molecule has 16 heavy (non-hydrogen) atoms. The highest BCUT2D eigenvalue weighted by molar-refractivity contribution is 4.77. The average molecular weight is 227 g/mol. The first-order valence-electron chi connectivity index (χ1n) is 6.97. The second kappa shape index (κ2) is 7.29. The van der Waals surface area contributed by atoms with Crippen LogP contribution in [-0.4, -0.2) is 25.3 Å². The predicted molar refractivity (Wildman–Crippen MR) is 69.7 cm³/mol. The molecule has 0 radical (unpaired) electrons. The standard InChI is InChI=1S/C14H29NO/c1-5-11(2)10-12(3)15-13(4)14-6-8-16-9-7-14/h11-15H,5-10H2,1-4H3. The lowest BCUT2D eigenvalue weighted by Crippen LogP contribution is -2.42. The van der Waals surface area contributed by atoms with Crippen LogP contribution in [0.1, 0.15) is 53.4 Å². The highest BCUT2D eigenvalue weighted by atomic mass is 16.5. The average Bonchev–Trinajstić information content (AvgIpc) is 2.29. The quantitative estimate of drug-likeness (QED) is 0.752. The largest absolute Gasteiger partial charge is 0.381 e. The molecule has 96 valence electrons. The van der Waals surface area contributed by atoms with E-state index in [9.17, 15) is 0 Å². The lowest BCUT2D eigenvalue weighted by molar-refractivity contribution is 0.0543. The van der Waals surface area contributed by atoms with Crippen molar-refractivity contribution in [2.75, 3.05) is 13.2 Å². The molecule has 3 unspecified atom stereocenters. The van der Waals surface area contributed by atoms with E-state index >= 15 is 0 Å². The van der Waals surface area contributed by atoms with Gasteiger partial charge >= 0.3 is 0 Å². The van der Waals surface area contributed by atoms with Gasteiger partial charge in [-0.2, -0.15) is 0 Å². The van der Waals surface area contributed by atoms with E-state index in [0.717, 1.165) is 25.0 Å². The minimum atomic E-state index is 0.642. The Kier molecular flexibility index (Phi) is 6.37. The van der Waals surface area contributed by atoms with E-state index in [1.165, 1.54) is 25.7 Å². The third-order valence-electron chi connectivity index (χ3n) is 3.97. The SMILES string of the molecule is CCC(C)CC(C)NC(C)C1CCOCC1. The number of ether oxygens (including phenoxy) is 1. The molecule has 0 spiro atoms. The molecular weight excluding hydrogens is 198 g/mol. The Balaban J connectivity index is 2.23. The van der Waals surface area contributed by atoms with Crippen LogP contribution in [0.3, 0.4) is 0 Å². The molecule has 0 aliphatic carbocycles. The van der Waals surface area contributed by atoms with Crippen molar-refractivity contribution in [3.8, 4) is 0 Å². The molecule has 1 aliphatic heterocycles. The molecule has 1 heterocycles. The summed E-state index contributed by atoms with van der Waals surface area (Å²) in [7, 11) is 0. The Morgan fingerprint density at radius 1 is 1.19 bits per heavy atom. The summed E-state index contributed by atoms with van der Waals surface area (Å²) in [4.78, 5) is 0. The number of rotatable bonds is 6. The smallest absolute Gasteiger partial charge is 0.0469 e. The fourth-order valence-corrected chi connectivity index (χ4v) is 2.64. The first-order valence-corrected chi connectivity index (χ1v) is 6.97. The first kappa shape index (κ1) is 14.0. The Hall–Kier alpha value is -0.0800. The van der Waals surface area contributed by atoms with Crippen molar-refractivity contribution < 1.29 is 4.74 Å². The summed E-state index contributed by atoms with van der Waals surface area (Å²) < 4.78 is 5.41. The molecule has 0 aromatic rings. The summed E-state index contributed by atoms with van der Waals surface area (Å²) in [6, 6.07) is 1.29. The summed E-state index contributed by atoms with van der Waals surface area (Å²) in [6.45, 7) is 11.2. The molecule has 0 bridgehead atoms. The Bertz CT molecular complexity index is 178. The molecule has 1 N–H and O–H groups in total. The van der Waals surface area contributed by atoms with Crippen molar-refractivity contribution in [2.24, 2.45) is 11.8 Å². The Labute approximate surface area is 101 Å². The van der Waals surface area contributed by atoms with Gasteiger partial charge < -0.3 is 10.1 Å². The van der Waals surface area contributed by atoms with E-state index in [4.69, 9.17) is 4.74 Å². The molecule has 3 atom stereocenters. The third kappa shape index (κ3) is 4.84. The maximum Gasteiger partial charge on any atom is 0.0469 e. The zero-order valence-corrected chi connectivity index (χ0v) is 11.5. The van der Waals surface area contributed by atoms with Crippen molar-refractivity contribution in [1.29, 1.82) is 0 Å². The van der Waals surface area contributed by atoms with Crippen molar-refractivity contribution in [1.82, 2.24) is 5.32 Å². The number of hydrogen-bond acceptors (Lipinski definition) is 2. The van der Waals surface area contributed by atoms with E-state index < -0.39 is 0 Å². The van der Waals surface area contributed by atoms with Crippen LogP contribution in [0.4, 0.5) is 0 Å². The van der Waals surface area contributed by atoms with E-state index in [0.29, 0.717) is 12.1 Å². The molecule has 0 saturated carbocycles. The summed E-state index contributed by atoms with van der Waals surface area (Å²) in [5.74, 6) is 1.65. The van der Waals surface area contributed by atoms with Crippen LogP contribution in [-0.2, 0) is 4.74 Å². The molecule has 2 nitrogen and oxygen atoms in total. The molecule has 0 aromatic carbocycles. The van der Waals surface area contributed by atoms with E-state index in [1.54, 1.807) is 0 Å². The molecule has 0 aromatic heterocycles. The van der Waals surface area contributed by atoms with Crippen molar-refractivity contribution in [3.63, 3.8) is 0 Å². The molecule has 1 aliphatic rings. The van der Waals surface area contributed by atoms with Gasteiger partial charge in [0, 0.05) is 25.3 Å². The topological polar surface area (TPSA) is 21.3 Å². The first-order chi connectivity index (χ1) is 7.63. The predicted octanol–water partition coefficient (Wildman–Crippen LogP) is 3.22. The minimum absolute atomic E-state index is 0.642. The van der Waals surface area contributed by atoms with Gasteiger partial charge in [-0.1, -0.05) is 20.3 Å². The van der Waals surface area contributed by atoms with Crippen LogP contribution in [0.2, 0.25) is 0 Å². The molecule has 1 saturated heterocycles. The summed E-state index contributed by atoms with van der Waals surface area (Å²) >= 11 is 0. The lowest BCUT2D eigenvalue weighted by atomic mass is 9.91. The summed E-state index contributed by atoms with van der Waals surface area (Å²) in [5.41, 5.74) is 0. The van der Waals surface area contributed by atoms with Crippen LogP contribution >= 0.6 is 0 Å². The van der Waals surface area contributed by atoms with Gasteiger partial charge in [0.2, 0.25) is 0 Å². The Morgan fingerprint density at radius 2 is 1.81 bits per heavy atom. The van der Waals surface area contributed by atoms with Crippen molar-refractivity contribution >= 4 is 0 Å². The molecular formula is C14H29NO. The van der Waals surface area contributed by atoms with Crippen LogP contribution in [0, 0.1) is 11.8 Å². The number of hydrogen-bond donors (Lipinski definition) is 1. The molecule has 1 rings (SSSR count). The molecule has 2 heteroatoms. The van der Waals surface area contributed by atoms with Gasteiger partial charge in [-0.15, -0.1) is 0 Å².